The van der Waals surface area contributed by atoms with Crippen molar-refractivity contribution >= 4 is 0 Å². The predicted molar refractivity (Wildman–Crippen MR) is 55.7 cm³/mol. The van der Waals surface area contributed by atoms with Crippen molar-refractivity contribution in [1.29, 1.82) is 0 Å². The maximum Gasteiger partial charge on any atom is 0.0273 e. The summed E-state index contributed by atoms with van der Waals surface area (Å²) in [5.74, 6) is 0. The van der Waals surface area contributed by atoms with E-state index in [0.29, 0.717) is 5.70 Å². The van der Waals surface area contributed by atoms with Crippen molar-refractivity contribution in [1.82, 2.24) is 0 Å². The third kappa shape index (κ3) is 2.57. The van der Waals surface area contributed by atoms with Crippen LogP contribution in [0.15, 0.2) is 34.6 Å². The van der Waals surface area contributed by atoms with Crippen LogP contribution in [0.5, 0.6) is 0 Å². The number of hydrogen-bond acceptors (Lipinski definition) is 1. The lowest BCUT2D eigenvalue weighted by Gasteiger charge is -2.09. The maximum atomic E-state index is 5.60. The van der Waals surface area contributed by atoms with Crippen LogP contribution in [-0.2, 0) is 0 Å². The van der Waals surface area contributed by atoms with Crippen molar-refractivity contribution in [2.75, 3.05) is 0 Å². The SMILES string of the molecule is C=C(N)/C(C)=C(/C)C(C)=C(C)C. The van der Waals surface area contributed by atoms with E-state index in [1.54, 1.807) is 0 Å². The average molecular weight is 165 g/mol. The van der Waals surface area contributed by atoms with Gasteiger partial charge in [0.25, 0.3) is 0 Å². The monoisotopic (exact) mass is 165 g/mol. The molecule has 0 amide bonds. The summed E-state index contributed by atoms with van der Waals surface area (Å²) in [5.41, 5.74) is 11.2. The highest BCUT2D eigenvalue weighted by Crippen LogP contribution is 2.19. The van der Waals surface area contributed by atoms with Gasteiger partial charge in [-0.05, 0) is 51.3 Å². The van der Waals surface area contributed by atoms with E-state index in [-0.39, 0.29) is 0 Å². The molecule has 1 heteroatoms. The molecule has 1 nitrogen and oxygen atoms in total. The summed E-state index contributed by atoms with van der Waals surface area (Å²) < 4.78 is 0. The zero-order valence-corrected chi connectivity index (χ0v) is 8.78. The molecule has 0 aliphatic rings. The predicted octanol–water partition coefficient (Wildman–Crippen LogP) is 3.15. The standard InChI is InChI=1S/C11H19N/c1-7(2)8(3)9(4)10(5)11(6)12/h6,12H2,1-5H3/b10-9-. The van der Waals surface area contributed by atoms with Gasteiger partial charge in [0.2, 0.25) is 0 Å². The van der Waals surface area contributed by atoms with Crippen LogP contribution in [0.25, 0.3) is 0 Å². The molecule has 0 aromatic carbocycles. The zero-order valence-electron chi connectivity index (χ0n) is 8.78. The number of nitrogens with two attached hydrogens (primary N) is 1. The second-order valence-electron chi connectivity index (χ2n) is 3.40. The molecule has 0 saturated heterocycles. The van der Waals surface area contributed by atoms with Crippen LogP contribution >= 0.6 is 0 Å². The van der Waals surface area contributed by atoms with E-state index in [0.717, 1.165) is 5.57 Å². The van der Waals surface area contributed by atoms with E-state index >= 15 is 0 Å². The highest BCUT2D eigenvalue weighted by atomic mass is 14.6. The van der Waals surface area contributed by atoms with Crippen LogP contribution in [0.3, 0.4) is 0 Å². The Hall–Kier alpha value is -0.980. The molecule has 2 N–H and O–H groups in total. The molecular formula is C11H19N. The summed E-state index contributed by atoms with van der Waals surface area (Å²) in [5, 5.41) is 0. The molecule has 0 aromatic heterocycles. The van der Waals surface area contributed by atoms with Gasteiger partial charge in [-0.2, -0.15) is 0 Å². The van der Waals surface area contributed by atoms with E-state index in [1.807, 2.05) is 6.92 Å². The summed E-state index contributed by atoms with van der Waals surface area (Å²) in [7, 11) is 0. The lowest BCUT2D eigenvalue weighted by atomic mass is 9.99. The minimum atomic E-state index is 0.660. The van der Waals surface area contributed by atoms with Gasteiger partial charge in [-0.1, -0.05) is 12.2 Å². The third-order valence-electron chi connectivity index (χ3n) is 2.36. The Morgan fingerprint density at radius 3 is 1.50 bits per heavy atom. The van der Waals surface area contributed by atoms with Gasteiger partial charge in [-0.25, -0.2) is 0 Å². The minimum Gasteiger partial charge on any atom is -0.399 e. The Kier molecular flexibility index (Phi) is 3.81. The zero-order chi connectivity index (χ0) is 9.89. The lowest BCUT2D eigenvalue weighted by Crippen LogP contribution is -1.99. The van der Waals surface area contributed by atoms with E-state index in [1.165, 1.54) is 16.7 Å². The first-order valence-electron chi connectivity index (χ1n) is 4.14. The van der Waals surface area contributed by atoms with Gasteiger partial charge >= 0.3 is 0 Å². The molecule has 0 saturated carbocycles. The number of hydrogen-bond donors (Lipinski definition) is 1. The Morgan fingerprint density at radius 1 is 0.833 bits per heavy atom. The van der Waals surface area contributed by atoms with Gasteiger partial charge in [-0.3, -0.25) is 0 Å². The molecule has 0 bridgehead atoms. The van der Waals surface area contributed by atoms with E-state index in [2.05, 4.69) is 34.3 Å². The molecule has 0 aliphatic carbocycles. The summed E-state index contributed by atoms with van der Waals surface area (Å²) in [4.78, 5) is 0. The Morgan fingerprint density at radius 2 is 1.25 bits per heavy atom. The highest BCUT2D eigenvalue weighted by molar-refractivity contribution is 5.40. The maximum absolute atomic E-state index is 5.60. The van der Waals surface area contributed by atoms with E-state index < -0.39 is 0 Å². The lowest BCUT2D eigenvalue weighted by molar-refractivity contribution is 1.16. The first-order valence-corrected chi connectivity index (χ1v) is 4.14. The highest BCUT2D eigenvalue weighted by Gasteiger charge is 2.01. The van der Waals surface area contributed by atoms with E-state index in [4.69, 9.17) is 5.73 Å². The van der Waals surface area contributed by atoms with Crippen LogP contribution in [0.1, 0.15) is 34.6 Å². The Labute approximate surface area is 75.7 Å². The second-order valence-corrected chi connectivity index (χ2v) is 3.40. The van der Waals surface area contributed by atoms with Crippen LogP contribution in [-0.4, -0.2) is 0 Å². The molecule has 0 spiro atoms. The average Bonchev–Trinajstić information content (AvgIpc) is 2.00. The topological polar surface area (TPSA) is 26.0 Å². The summed E-state index contributed by atoms with van der Waals surface area (Å²) in [6.07, 6.45) is 0. The van der Waals surface area contributed by atoms with Gasteiger partial charge in [0.05, 0.1) is 0 Å². The molecule has 0 heterocycles. The third-order valence-corrected chi connectivity index (χ3v) is 2.36. The number of rotatable bonds is 2. The first kappa shape index (κ1) is 11.0. The largest absolute Gasteiger partial charge is 0.399 e. The Bertz CT molecular complexity index is 250. The van der Waals surface area contributed by atoms with Gasteiger partial charge in [0, 0.05) is 5.70 Å². The smallest absolute Gasteiger partial charge is 0.0273 e. The molecular weight excluding hydrogens is 146 g/mol. The molecule has 0 aromatic rings. The molecule has 12 heavy (non-hydrogen) atoms. The molecule has 0 aliphatic heterocycles. The quantitative estimate of drug-likeness (QED) is 0.625. The summed E-state index contributed by atoms with van der Waals surface area (Å²) >= 11 is 0. The normalized spacial score (nSPS) is 12.1. The van der Waals surface area contributed by atoms with E-state index in [9.17, 15) is 0 Å². The van der Waals surface area contributed by atoms with Crippen LogP contribution < -0.4 is 5.73 Å². The summed E-state index contributed by atoms with van der Waals surface area (Å²) in [6, 6.07) is 0. The van der Waals surface area contributed by atoms with Gasteiger partial charge in [-0.15, -0.1) is 0 Å². The van der Waals surface area contributed by atoms with Gasteiger partial charge in [0.1, 0.15) is 0 Å². The molecule has 0 rings (SSSR count). The fraction of sp³-hybridized carbons (Fsp3) is 0.455. The number of allylic oxidation sites excluding steroid dienone is 4. The minimum absolute atomic E-state index is 0.660. The fourth-order valence-corrected chi connectivity index (χ4v) is 0.897. The first-order chi connectivity index (χ1) is 5.37. The molecule has 68 valence electrons. The molecule has 0 radical (unpaired) electrons. The molecule has 0 atom stereocenters. The van der Waals surface area contributed by atoms with Crippen LogP contribution in [0.4, 0.5) is 0 Å². The van der Waals surface area contributed by atoms with Crippen molar-refractivity contribution in [2.24, 2.45) is 5.73 Å². The van der Waals surface area contributed by atoms with Crippen molar-refractivity contribution in [3.8, 4) is 0 Å². The van der Waals surface area contributed by atoms with Crippen molar-refractivity contribution in [2.45, 2.75) is 34.6 Å². The van der Waals surface area contributed by atoms with Gasteiger partial charge < -0.3 is 5.73 Å². The fourth-order valence-electron chi connectivity index (χ4n) is 0.897. The second kappa shape index (κ2) is 4.15. The van der Waals surface area contributed by atoms with Crippen molar-refractivity contribution < 1.29 is 0 Å². The molecule has 0 fully saturated rings. The molecule has 0 unspecified atom stereocenters. The van der Waals surface area contributed by atoms with Crippen molar-refractivity contribution in [3.63, 3.8) is 0 Å². The van der Waals surface area contributed by atoms with Crippen LogP contribution in [0, 0.1) is 0 Å². The van der Waals surface area contributed by atoms with Gasteiger partial charge in [0.15, 0.2) is 0 Å². The van der Waals surface area contributed by atoms with Crippen molar-refractivity contribution in [3.05, 3.63) is 34.6 Å². The Balaban J connectivity index is 5.06. The summed E-state index contributed by atoms with van der Waals surface area (Å²) in [6.45, 7) is 14.1. The van der Waals surface area contributed by atoms with Crippen LogP contribution in [0.2, 0.25) is 0 Å².